The quantitative estimate of drug-likeness (QED) is 0.468. The van der Waals surface area contributed by atoms with Crippen LogP contribution in [0.15, 0.2) is 60.9 Å². The van der Waals surface area contributed by atoms with E-state index in [1.807, 2.05) is 55.9 Å². The van der Waals surface area contributed by atoms with Crippen molar-refractivity contribution < 1.29 is 13.9 Å². The molecule has 170 valence electrons. The fraction of sp³-hybridized carbons (Fsp3) is 0.240. The Labute approximate surface area is 191 Å². The molecule has 1 unspecified atom stereocenters. The highest BCUT2D eigenvalue weighted by molar-refractivity contribution is 5.80. The van der Waals surface area contributed by atoms with Crippen LogP contribution in [0.4, 0.5) is 4.39 Å². The zero-order chi connectivity index (χ0) is 23.5. The Hall–Kier alpha value is -3.94. The number of carbonyl (C=O) groups is 1. The highest BCUT2D eigenvalue weighted by Crippen LogP contribution is 2.25. The van der Waals surface area contributed by atoms with Gasteiger partial charge in [0.25, 0.3) is 0 Å². The normalized spacial score (nSPS) is 11.9. The number of rotatable bonds is 7. The van der Waals surface area contributed by atoms with Crippen molar-refractivity contribution in [2.24, 2.45) is 7.05 Å². The summed E-state index contributed by atoms with van der Waals surface area (Å²) in [7, 11) is 3.50. The molecule has 0 saturated carbocycles. The molecule has 33 heavy (non-hydrogen) atoms. The van der Waals surface area contributed by atoms with E-state index in [0.717, 1.165) is 28.2 Å². The second kappa shape index (κ2) is 9.28. The summed E-state index contributed by atoms with van der Waals surface area (Å²) in [6.07, 6.45) is 3.70. The van der Waals surface area contributed by atoms with Gasteiger partial charge in [-0.3, -0.25) is 4.79 Å². The van der Waals surface area contributed by atoms with Gasteiger partial charge in [-0.15, -0.1) is 0 Å². The molecule has 0 aliphatic carbocycles. The van der Waals surface area contributed by atoms with Gasteiger partial charge in [-0.2, -0.15) is 5.10 Å². The first-order chi connectivity index (χ1) is 15.9. The van der Waals surface area contributed by atoms with Crippen LogP contribution in [0.5, 0.6) is 5.75 Å². The van der Waals surface area contributed by atoms with Gasteiger partial charge in [-0.05, 0) is 55.8 Å². The summed E-state index contributed by atoms with van der Waals surface area (Å²) in [6, 6.07) is 13.2. The summed E-state index contributed by atoms with van der Waals surface area (Å²) in [5.74, 6) is 0.953. The Morgan fingerprint density at radius 3 is 2.61 bits per heavy atom. The lowest BCUT2D eigenvalue weighted by molar-refractivity contribution is -0.121. The lowest BCUT2D eigenvalue weighted by atomic mass is 10.0. The molecule has 0 saturated heterocycles. The molecule has 0 fully saturated rings. The zero-order valence-electron chi connectivity index (χ0n) is 19.0. The van der Waals surface area contributed by atoms with Crippen molar-refractivity contribution in [3.8, 4) is 11.4 Å². The first-order valence-electron chi connectivity index (χ1n) is 10.6. The topological polar surface area (TPSA) is 74.0 Å². The van der Waals surface area contributed by atoms with Crippen molar-refractivity contribution in [1.29, 1.82) is 0 Å². The van der Waals surface area contributed by atoms with E-state index in [4.69, 9.17) is 4.74 Å². The zero-order valence-corrected chi connectivity index (χ0v) is 19.0. The lowest BCUT2D eigenvalue weighted by Gasteiger charge is -2.20. The van der Waals surface area contributed by atoms with Crippen LogP contribution in [-0.4, -0.2) is 32.3 Å². The van der Waals surface area contributed by atoms with E-state index in [9.17, 15) is 9.18 Å². The third-order valence-corrected chi connectivity index (χ3v) is 5.70. The number of nitrogens with one attached hydrogen (secondary N) is 1. The number of hydrogen-bond donors (Lipinski definition) is 1. The molecule has 0 radical (unpaired) electrons. The second-order valence-electron chi connectivity index (χ2n) is 7.89. The number of halogens is 1. The molecule has 2 aromatic carbocycles. The maximum Gasteiger partial charge on any atom is 0.225 e. The van der Waals surface area contributed by atoms with E-state index in [1.165, 1.54) is 12.1 Å². The largest absolute Gasteiger partial charge is 0.497 e. The maximum absolute atomic E-state index is 13.3. The van der Waals surface area contributed by atoms with Gasteiger partial charge in [0.05, 0.1) is 24.9 Å². The number of aromatic nitrogens is 4. The van der Waals surface area contributed by atoms with Gasteiger partial charge in [0.2, 0.25) is 5.91 Å². The van der Waals surface area contributed by atoms with Crippen molar-refractivity contribution in [2.45, 2.75) is 26.3 Å². The molecule has 8 heteroatoms. The Balaban J connectivity index is 1.61. The van der Waals surface area contributed by atoms with Crippen molar-refractivity contribution in [1.82, 2.24) is 24.6 Å². The summed E-state index contributed by atoms with van der Waals surface area (Å²) < 4.78 is 22.3. The average molecular weight is 448 g/mol. The third-order valence-electron chi connectivity index (χ3n) is 5.70. The van der Waals surface area contributed by atoms with Crippen LogP contribution in [0.2, 0.25) is 0 Å². The van der Waals surface area contributed by atoms with Crippen LogP contribution >= 0.6 is 0 Å². The minimum absolute atomic E-state index is 0.157. The number of amides is 1. The van der Waals surface area contributed by atoms with E-state index in [-0.39, 0.29) is 18.1 Å². The fourth-order valence-electron chi connectivity index (χ4n) is 3.91. The molecule has 7 nitrogen and oxygen atoms in total. The van der Waals surface area contributed by atoms with Crippen molar-refractivity contribution in [3.05, 3.63) is 95.1 Å². The first kappa shape index (κ1) is 22.3. The van der Waals surface area contributed by atoms with Gasteiger partial charge in [0, 0.05) is 30.7 Å². The molecule has 2 aromatic heterocycles. The molecule has 0 aliphatic heterocycles. The van der Waals surface area contributed by atoms with Gasteiger partial charge < -0.3 is 14.6 Å². The number of benzene rings is 2. The minimum Gasteiger partial charge on any atom is -0.497 e. The van der Waals surface area contributed by atoms with Crippen LogP contribution in [0.3, 0.4) is 0 Å². The molecule has 4 aromatic rings. The Morgan fingerprint density at radius 1 is 1.18 bits per heavy atom. The molecule has 4 rings (SSSR count). The van der Waals surface area contributed by atoms with Crippen LogP contribution in [-0.2, 0) is 18.3 Å². The number of ether oxygens (including phenoxy) is 1. The molecular weight excluding hydrogens is 421 g/mol. The van der Waals surface area contributed by atoms with E-state index < -0.39 is 6.04 Å². The van der Waals surface area contributed by atoms with Crippen molar-refractivity contribution in [3.63, 3.8) is 0 Å². The molecule has 1 amide bonds. The summed E-state index contributed by atoms with van der Waals surface area (Å²) >= 11 is 0. The Morgan fingerprint density at radius 2 is 1.94 bits per heavy atom. The van der Waals surface area contributed by atoms with Crippen LogP contribution in [0.25, 0.3) is 5.69 Å². The minimum atomic E-state index is -0.444. The first-order valence-corrected chi connectivity index (χ1v) is 10.6. The molecule has 2 heterocycles. The number of methoxy groups -OCH3 is 1. The standard InChI is InChI=1S/C25H26FN5O2/c1-16-22(17(2)31(29-16)20-10-8-19(26)9-11-20)15-23(32)28-24(25-27-12-13-30(25)3)18-6-5-7-21(14-18)33-4/h5-14,24H,15H2,1-4H3,(H,28,32). The van der Waals surface area contributed by atoms with Gasteiger partial charge in [0.15, 0.2) is 0 Å². The van der Waals surface area contributed by atoms with Gasteiger partial charge in [0.1, 0.15) is 23.4 Å². The molecule has 0 bridgehead atoms. The smallest absolute Gasteiger partial charge is 0.225 e. The maximum atomic E-state index is 13.3. The monoisotopic (exact) mass is 447 g/mol. The molecule has 1 atom stereocenters. The van der Waals surface area contributed by atoms with E-state index in [2.05, 4.69) is 15.4 Å². The molecular formula is C25H26FN5O2. The number of carbonyl (C=O) groups excluding carboxylic acids is 1. The number of nitrogens with zero attached hydrogens (tertiary/aromatic N) is 4. The summed E-state index contributed by atoms with van der Waals surface area (Å²) in [5, 5.41) is 7.69. The average Bonchev–Trinajstić information content (AvgIpc) is 3.36. The predicted molar refractivity (Wildman–Crippen MR) is 123 cm³/mol. The second-order valence-corrected chi connectivity index (χ2v) is 7.89. The summed E-state index contributed by atoms with van der Waals surface area (Å²) in [5.41, 5.74) is 4.03. The van der Waals surface area contributed by atoms with Gasteiger partial charge in [-0.1, -0.05) is 12.1 Å². The predicted octanol–water partition coefficient (Wildman–Crippen LogP) is 3.82. The van der Waals surface area contributed by atoms with Crippen LogP contribution in [0.1, 0.15) is 34.4 Å². The number of aryl methyl sites for hydroxylation is 2. The SMILES string of the molecule is COc1cccc(C(NC(=O)Cc2c(C)nn(-c3ccc(F)cc3)c2C)c2nccn2C)c1. The summed E-state index contributed by atoms with van der Waals surface area (Å²) in [6.45, 7) is 3.78. The highest BCUT2D eigenvalue weighted by atomic mass is 19.1. The Kier molecular flexibility index (Phi) is 6.26. The number of hydrogen-bond acceptors (Lipinski definition) is 4. The molecule has 0 spiro atoms. The lowest BCUT2D eigenvalue weighted by Crippen LogP contribution is -2.32. The Bertz CT molecular complexity index is 1280. The van der Waals surface area contributed by atoms with Crippen LogP contribution in [0, 0.1) is 19.7 Å². The third kappa shape index (κ3) is 4.64. The molecule has 0 aliphatic rings. The van der Waals surface area contributed by atoms with Crippen molar-refractivity contribution >= 4 is 5.91 Å². The van der Waals surface area contributed by atoms with Crippen molar-refractivity contribution in [2.75, 3.05) is 7.11 Å². The molecule has 1 N–H and O–H groups in total. The fourth-order valence-corrected chi connectivity index (χ4v) is 3.91. The van der Waals surface area contributed by atoms with Gasteiger partial charge >= 0.3 is 0 Å². The van der Waals surface area contributed by atoms with Gasteiger partial charge in [-0.25, -0.2) is 14.1 Å². The van der Waals surface area contributed by atoms with Crippen LogP contribution < -0.4 is 10.1 Å². The highest BCUT2D eigenvalue weighted by Gasteiger charge is 2.23. The van der Waals surface area contributed by atoms with E-state index in [0.29, 0.717) is 11.6 Å². The van der Waals surface area contributed by atoms with E-state index in [1.54, 1.807) is 30.1 Å². The summed E-state index contributed by atoms with van der Waals surface area (Å²) in [4.78, 5) is 17.6. The van der Waals surface area contributed by atoms with E-state index >= 15 is 0 Å². The number of imidazole rings is 1.